The quantitative estimate of drug-likeness (QED) is 0.648. The minimum absolute atomic E-state index is 0.00818. The zero-order valence-corrected chi connectivity index (χ0v) is 15.9. The number of amides is 1. The largest absolute Gasteiger partial charge is 0.329 e. The fourth-order valence-corrected chi connectivity index (χ4v) is 3.01. The van der Waals surface area contributed by atoms with Gasteiger partial charge in [0, 0.05) is 30.5 Å². The van der Waals surface area contributed by atoms with E-state index in [1.54, 1.807) is 11.1 Å². The molecule has 0 spiro atoms. The molecule has 0 saturated heterocycles. The van der Waals surface area contributed by atoms with E-state index in [-0.39, 0.29) is 17.8 Å². The van der Waals surface area contributed by atoms with Gasteiger partial charge >= 0.3 is 0 Å². The predicted octanol–water partition coefficient (Wildman–Crippen LogP) is 4.43. The highest BCUT2D eigenvalue weighted by molar-refractivity contribution is 5.94. The lowest BCUT2D eigenvalue weighted by molar-refractivity contribution is 0.0683. The molecule has 0 atom stereocenters. The maximum absolute atomic E-state index is 13.2. The van der Waals surface area contributed by atoms with E-state index in [9.17, 15) is 9.18 Å². The standard InChI is InChI=1S/C22H24FN3O/c1-16(2)26(22(27)18-8-10-20(23)11-9-18)15-21-24-12-13-25(21)14-19-7-5-4-6-17(19)3/h4-13,16H,14-15H2,1-3H3. The number of hydrogen-bond donors (Lipinski definition) is 0. The first-order chi connectivity index (χ1) is 13.0. The first kappa shape index (κ1) is 18.8. The van der Waals surface area contributed by atoms with Crippen LogP contribution in [0.5, 0.6) is 0 Å². The van der Waals surface area contributed by atoms with Crippen LogP contribution in [0.25, 0.3) is 0 Å². The van der Waals surface area contributed by atoms with Crippen LogP contribution < -0.4 is 0 Å². The molecule has 4 nitrogen and oxygen atoms in total. The fraction of sp³-hybridized carbons (Fsp3) is 0.273. The van der Waals surface area contributed by atoms with Crippen LogP contribution in [-0.4, -0.2) is 26.4 Å². The number of imidazole rings is 1. The molecule has 140 valence electrons. The van der Waals surface area contributed by atoms with Crippen molar-refractivity contribution in [3.8, 4) is 0 Å². The molecule has 0 bridgehead atoms. The number of hydrogen-bond acceptors (Lipinski definition) is 2. The van der Waals surface area contributed by atoms with Gasteiger partial charge in [-0.1, -0.05) is 24.3 Å². The van der Waals surface area contributed by atoms with Gasteiger partial charge in [-0.05, 0) is 56.2 Å². The summed E-state index contributed by atoms with van der Waals surface area (Å²) in [6.07, 6.45) is 3.69. The Balaban J connectivity index is 1.82. The molecule has 0 N–H and O–H groups in total. The third kappa shape index (κ3) is 4.42. The summed E-state index contributed by atoms with van der Waals surface area (Å²) in [5.74, 6) is 0.342. The molecule has 0 aliphatic carbocycles. The summed E-state index contributed by atoms with van der Waals surface area (Å²) in [6, 6.07) is 13.9. The van der Waals surface area contributed by atoms with Crippen molar-refractivity contribution in [1.82, 2.24) is 14.5 Å². The van der Waals surface area contributed by atoms with Crippen molar-refractivity contribution < 1.29 is 9.18 Å². The lowest BCUT2D eigenvalue weighted by atomic mass is 10.1. The predicted molar refractivity (Wildman–Crippen MR) is 104 cm³/mol. The number of carbonyl (C=O) groups excluding carboxylic acids is 1. The Hall–Kier alpha value is -2.95. The van der Waals surface area contributed by atoms with Crippen molar-refractivity contribution in [3.05, 3.63) is 89.3 Å². The molecule has 0 saturated carbocycles. The van der Waals surface area contributed by atoms with Crippen LogP contribution in [0.3, 0.4) is 0 Å². The van der Waals surface area contributed by atoms with Crippen LogP contribution in [0, 0.1) is 12.7 Å². The van der Waals surface area contributed by atoms with Gasteiger partial charge in [0.2, 0.25) is 0 Å². The van der Waals surface area contributed by atoms with Crippen LogP contribution in [0.2, 0.25) is 0 Å². The van der Waals surface area contributed by atoms with Crippen LogP contribution in [-0.2, 0) is 13.1 Å². The van der Waals surface area contributed by atoms with Crippen LogP contribution >= 0.6 is 0 Å². The van der Waals surface area contributed by atoms with Crippen molar-refractivity contribution in [2.45, 2.75) is 39.9 Å². The van der Waals surface area contributed by atoms with Crippen LogP contribution in [0.4, 0.5) is 4.39 Å². The molecule has 3 aromatic rings. The minimum atomic E-state index is -0.351. The van der Waals surface area contributed by atoms with E-state index >= 15 is 0 Å². The Morgan fingerprint density at radius 3 is 2.52 bits per heavy atom. The van der Waals surface area contributed by atoms with E-state index in [1.807, 2.05) is 32.2 Å². The minimum Gasteiger partial charge on any atom is -0.329 e. The molecule has 5 heteroatoms. The molecular weight excluding hydrogens is 341 g/mol. The smallest absolute Gasteiger partial charge is 0.254 e. The molecule has 0 aliphatic heterocycles. The van der Waals surface area contributed by atoms with Gasteiger partial charge in [-0.25, -0.2) is 9.37 Å². The third-order valence-corrected chi connectivity index (χ3v) is 4.69. The Bertz CT molecular complexity index is 915. The second-order valence-corrected chi connectivity index (χ2v) is 6.93. The summed E-state index contributed by atoms with van der Waals surface area (Å²) in [7, 11) is 0. The van der Waals surface area contributed by atoms with Gasteiger partial charge in [0.1, 0.15) is 11.6 Å². The summed E-state index contributed by atoms with van der Waals surface area (Å²) in [5, 5.41) is 0. The number of halogens is 1. The summed E-state index contributed by atoms with van der Waals surface area (Å²) in [4.78, 5) is 19.1. The zero-order chi connectivity index (χ0) is 19.4. The topological polar surface area (TPSA) is 38.1 Å². The monoisotopic (exact) mass is 365 g/mol. The molecule has 0 aliphatic rings. The SMILES string of the molecule is Cc1ccccc1Cn1ccnc1CN(C(=O)c1ccc(F)cc1)C(C)C. The second-order valence-electron chi connectivity index (χ2n) is 6.93. The van der Waals surface area contributed by atoms with Gasteiger partial charge in [-0.15, -0.1) is 0 Å². The van der Waals surface area contributed by atoms with Crippen LogP contribution in [0.15, 0.2) is 60.9 Å². The number of carbonyl (C=O) groups is 1. The average Bonchev–Trinajstić information content (AvgIpc) is 3.08. The highest BCUT2D eigenvalue weighted by Gasteiger charge is 2.21. The molecular formula is C22H24FN3O. The van der Waals surface area contributed by atoms with E-state index in [1.165, 1.54) is 35.4 Å². The van der Waals surface area contributed by atoms with Gasteiger partial charge in [0.05, 0.1) is 6.54 Å². The molecule has 0 unspecified atom stereocenters. The van der Waals surface area contributed by atoms with E-state index < -0.39 is 0 Å². The van der Waals surface area contributed by atoms with Gasteiger partial charge in [-0.3, -0.25) is 4.79 Å². The van der Waals surface area contributed by atoms with Gasteiger partial charge < -0.3 is 9.47 Å². The number of rotatable bonds is 6. The maximum atomic E-state index is 13.2. The summed E-state index contributed by atoms with van der Waals surface area (Å²) in [6.45, 7) is 7.13. The Morgan fingerprint density at radius 1 is 1.15 bits per heavy atom. The van der Waals surface area contributed by atoms with E-state index in [2.05, 4.69) is 28.6 Å². The van der Waals surface area contributed by atoms with E-state index in [4.69, 9.17) is 0 Å². The third-order valence-electron chi connectivity index (χ3n) is 4.69. The van der Waals surface area contributed by atoms with E-state index in [0.717, 1.165) is 5.82 Å². The highest BCUT2D eigenvalue weighted by atomic mass is 19.1. The van der Waals surface area contributed by atoms with Crippen molar-refractivity contribution in [3.63, 3.8) is 0 Å². The number of aromatic nitrogens is 2. The first-order valence-corrected chi connectivity index (χ1v) is 9.06. The highest BCUT2D eigenvalue weighted by Crippen LogP contribution is 2.16. The first-order valence-electron chi connectivity index (χ1n) is 9.06. The van der Waals surface area contributed by atoms with Crippen molar-refractivity contribution in [1.29, 1.82) is 0 Å². The summed E-state index contributed by atoms with van der Waals surface area (Å²) in [5.41, 5.74) is 2.92. The molecule has 0 radical (unpaired) electrons. The van der Waals surface area contributed by atoms with Gasteiger partial charge in [0.25, 0.3) is 5.91 Å². The lowest BCUT2D eigenvalue weighted by Crippen LogP contribution is -2.37. The summed E-state index contributed by atoms with van der Waals surface area (Å²) >= 11 is 0. The number of benzene rings is 2. The van der Waals surface area contributed by atoms with Crippen molar-refractivity contribution in [2.75, 3.05) is 0 Å². The molecule has 1 amide bonds. The molecule has 3 rings (SSSR count). The Labute approximate surface area is 159 Å². The van der Waals surface area contributed by atoms with Gasteiger partial charge in [-0.2, -0.15) is 0 Å². The van der Waals surface area contributed by atoms with E-state index in [0.29, 0.717) is 18.7 Å². The molecule has 1 heterocycles. The zero-order valence-electron chi connectivity index (χ0n) is 15.9. The normalized spacial score (nSPS) is 11.0. The lowest BCUT2D eigenvalue weighted by Gasteiger charge is -2.27. The van der Waals surface area contributed by atoms with Crippen molar-refractivity contribution in [2.24, 2.45) is 0 Å². The maximum Gasteiger partial charge on any atom is 0.254 e. The fourth-order valence-electron chi connectivity index (χ4n) is 3.01. The molecule has 0 fully saturated rings. The number of aryl methyl sites for hydroxylation is 1. The van der Waals surface area contributed by atoms with Crippen LogP contribution in [0.1, 0.15) is 41.2 Å². The molecule has 2 aromatic carbocycles. The second kappa shape index (κ2) is 8.16. The van der Waals surface area contributed by atoms with Crippen molar-refractivity contribution >= 4 is 5.91 Å². The number of nitrogens with zero attached hydrogens (tertiary/aromatic N) is 3. The average molecular weight is 365 g/mol. The van der Waals surface area contributed by atoms with Gasteiger partial charge in [0.15, 0.2) is 0 Å². The molecule has 1 aromatic heterocycles. The summed E-state index contributed by atoms with van der Waals surface area (Å²) < 4.78 is 15.2. The molecule has 27 heavy (non-hydrogen) atoms. The Morgan fingerprint density at radius 2 is 1.85 bits per heavy atom. The Kier molecular flexibility index (Phi) is 5.69.